The minimum Gasteiger partial charge on any atom is -0.508 e. The summed E-state index contributed by atoms with van der Waals surface area (Å²) in [5.41, 5.74) is -1.22. The summed E-state index contributed by atoms with van der Waals surface area (Å²) in [6.45, 7) is -1.80. The second-order valence-electron chi connectivity index (χ2n) is 16.4. The molecule has 2 atom stereocenters. The van der Waals surface area contributed by atoms with Crippen LogP contribution in [-0.4, -0.2) is 84.1 Å². The van der Waals surface area contributed by atoms with Crippen LogP contribution in [0.4, 0.5) is 35.1 Å². The van der Waals surface area contributed by atoms with Gasteiger partial charge in [0.25, 0.3) is 0 Å². The highest BCUT2D eigenvalue weighted by Gasteiger charge is 2.33. The van der Waals surface area contributed by atoms with Crippen LogP contribution in [0.15, 0.2) is 72.8 Å². The molecule has 2 unspecified atom stereocenters. The second-order valence-corrected chi connectivity index (χ2v) is 16.4. The van der Waals surface area contributed by atoms with Crippen molar-refractivity contribution in [3.8, 4) is 61.8 Å². The number of phenols is 1. The van der Waals surface area contributed by atoms with Crippen molar-refractivity contribution in [3.63, 3.8) is 0 Å². The van der Waals surface area contributed by atoms with E-state index in [1.54, 1.807) is 37.3 Å². The molecule has 4 aromatic carbocycles. The number of aliphatic hydroxyl groups excluding tert-OH is 4. The zero-order valence-corrected chi connectivity index (χ0v) is 36.5. The van der Waals surface area contributed by atoms with Gasteiger partial charge in [-0.15, -0.1) is 0 Å². The molecule has 0 spiro atoms. The Labute approximate surface area is 391 Å². The van der Waals surface area contributed by atoms with E-state index in [1.807, 2.05) is 0 Å². The summed E-state index contributed by atoms with van der Waals surface area (Å²) in [6.07, 6.45) is -0.648. The molecule has 5 heterocycles. The Morgan fingerprint density at radius 2 is 0.943 bits per heavy atom. The van der Waals surface area contributed by atoms with Crippen LogP contribution < -0.4 is 9.47 Å². The van der Waals surface area contributed by atoms with Gasteiger partial charge in [-0.25, -0.2) is 22.5 Å². The quantitative estimate of drug-likeness (QED) is 0.0464. The average molecular weight is 971 g/mol. The Kier molecular flexibility index (Phi) is 12.9. The molecule has 360 valence electrons. The number of nitrogens with zero attached hydrogens (tertiary/aromatic N) is 2. The fourth-order valence-corrected chi connectivity index (χ4v) is 8.48. The molecule has 70 heavy (non-hydrogen) atoms. The Morgan fingerprint density at radius 1 is 0.514 bits per heavy atom. The number of ether oxygens (including phenoxy) is 2. The number of phenolic OH excluding ortho intramolecular Hbond substituents is 1. The van der Waals surface area contributed by atoms with Crippen LogP contribution in [-0.2, 0) is 12.8 Å². The molecule has 2 aliphatic rings. The van der Waals surface area contributed by atoms with Crippen LogP contribution in [0.1, 0.15) is 28.3 Å². The van der Waals surface area contributed by atoms with Crippen molar-refractivity contribution in [1.82, 2.24) is 19.9 Å². The lowest BCUT2D eigenvalue weighted by atomic mass is 9.98. The molecule has 3 aromatic heterocycles. The van der Waals surface area contributed by atoms with Crippen molar-refractivity contribution in [2.75, 3.05) is 26.4 Å². The number of aryl methyl sites for hydroxylation is 3. The van der Waals surface area contributed by atoms with E-state index in [0.29, 0.717) is 11.1 Å². The van der Waals surface area contributed by atoms with Gasteiger partial charge in [0.15, 0.2) is 34.8 Å². The third-order valence-electron chi connectivity index (χ3n) is 11.7. The Bertz CT molecular complexity index is 3390. The van der Waals surface area contributed by atoms with Crippen LogP contribution in [0.3, 0.4) is 0 Å². The summed E-state index contributed by atoms with van der Waals surface area (Å²) in [5.74, 6) is -18.6. The van der Waals surface area contributed by atoms with E-state index in [0.717, 1.165) is 5.56 Å². The van der Waals surface area contributed by atoms with Gasteiger partial charge >= 0.3 is 0 Å². The SMILES string of the molecule is Cc1cccc(-c2c3nc(c(-c4c(F)c(F)c(OCC(O)CO)c(F)c4F)c4ccc([nH]4)c(-c4cccc(O)c4)c4nc(c(-c5c(F)c(F)c(OCC(O)CO)c(F)c5F)c5ccc2[nH]5)C=C4)CC3)c1. The van der Waals surface area contributed by atoms with Gasteiger partial charge in [0, 0.05) is 44.3 Å². The van der Waals surface area contributed by atoms with E-state index in [4.69, 9.17) is 19.4 Å². The number of aliphatic hydroxyl groups is 4. The highest BCUT2D eigenvalue weighted by atomic mass is 19.2. The predicted octanol–water partition coefficient (Wildman–Crippen LogP) is 9.53. The van der Waals surface area contributed by atoms with Gasteiger partial charge in [-0.05, 0) is 79.4 Å². The fraction of sp³-hybridized carbons (Fsp3) is 0.176. The fourth-order valence-electron chi connectivity index (χ4n) is 8.48. The molecule has 9 rings (SSSR count). The number of hydrogen-bond donors (Lipinski definition) is 7. The van der Waals surface area contributed by atoms with Crippen molar-refractivity contribution in [3.05, 3.63) is 148 Å². The molecule has 7 N–H and O–H groups in total. The zero-order valence-electron chi connectivity index (χ0n) is 36.5. The molecule has 0 saturated heterocycles. The highest BCUT2D eigenvalue weighted by molar-refractivity contribution is 5.98. The molecule has 11 nitrogen and oxygen atoms in total. The van der Waals surface area contributed by atoms with Crippen LogP contribution in [0.25, 0.3) is 78.7 Å². The molecule has 8 bridgehead atoms. The van der Waals surface area contributed by atoms with Gasteiger partial charge < -0.3 is 45.0 Å². The van der Waals surface area contributed by atoms with Gasteiger partial charge in [0.2, 0.25) is 23.3 Å². The normalized spacial score (nSPS) is 13.2. The minimum absolute atomic E-state index is 0.00786. The molecular formula is C51H38F8N4O7. The lowest BCUT2D eigenvalue weighted by Crippen LogP contribution is -2.22. The number of hydrogen-bond acceptors (Lipinski definition) is 9. The first kappa shape index (κ1) is 47.5. The third-order valence-corrected chi connectivity index (χ3v) is 11.7. The molecule has 0 fully saturated rings. The Morgan fingerprint density at radius 3 is 1.44 bits per heavy atom. The number of aromatic hydroxyl groups is 1. The van der Waals surface area contributed by atoms with Crippen molar-refractivity contribution in [2.45, 2.75) is 32.0 Å². The van der Waals surface area contributed by atoms with Crippen LogP contribution in [0, 0.1) is 53.5 Å². The minimum atomic E-state index is -1.96. The van der Waals surface area contributed by atoms with E-state index in [-0.39, 0.29) is 74.6 Å². The summed E-state index contributed by atoms with van der Waals surface area (Å²) >= 11 is 0. The predicted molar refractivity (Wildman–Crippen MR) is 242 cm³/mol. The van der Waals surface area contributed by atoms with Crippen molar-refractivity contribution in [1.29, 1.82) is 0 Å². The number of H-pyrrole nitrogens is 2. The smallest absolute Gasteiger partial charge is 0.204 e. The molecular weight excluding hydrogens is 933 g/mol. The number of aromatic nitrogens is 4. The maximum atomic E-state index is 16.6. The van der Waals surface area contributed by atoms with Gasteiger partial charge in [0.05, 0.1) is 47.1 Å². The molecule has 7 aromatic rings. The summed E-state index contributed by atoms with van der Waals surface area (Å²) in [6, 6.07) is 18.4. The monoisotopic (exact) mass is 970 g/mol. The highest BCUT2D eigenvalue weighted by Crippen LogP contribution is 2.44. The first-order valence-corrected chi connectivity index (χ1v) is 21.5. The molecule has 19 heteroatoms. The lowest BCUT2D eigenvalue weighted by Gasteiger charge is -2.15. The first-order valence-electron chi connectivity index (χ1n) is 21.5. The van der Waals surface area contributed by atoms with E-state index < -0.39 is 119 Å². The molecule has 2 aliphatic heterocycles. The maximum Gasteiger partial charge on any atom is 0.204 e. The van der Waals surface area contributed by atoms with Crippen LogP contribution in [0.5, 0.6) is 17.2 Å². The topological polar surface area (TPSA) is 177 Å². The summed E-state index contributed by atoms with van der Waals surface area (Å²) in [5, 5.41) is 48.5. The summed E-state index contributed by atoms with van der Waals surface area (Å²) < 4.78 is 140. The maximum absolute atomic E-state index is 16.6. The largest absolute Gasteiger partial charge is 0.508 e. The zero-order chi connectivity index (χ0) is 49.7. The number of nitrogens with one attached hydrogen (secondary N) is 2. The van der Waals surface area contributed by atoms with Gasteiger partial charge in [0.1, 0.15) is 31.2 Å². The number of rotatable bonds is 12. The molecule has 0 amide bonds. The molecule has 0 aliphatic carbocycles. The standard InChI is InChI=1S/C51H38F8N4O7/c1-22-4-2-5-23(16-22)36-28-8-12-32(60-28)38(40-42(52)46(56)50(47(57)43(40)53)69-20-26(67)18-64)34-14-10-30(62-34)37(24-6-3-7-25(66)17-24)31-11-15-35(63-31)39(33-13-9-29(36)61-33)41-44(54)48(58)51(49(59)45(41)55)70-21-27(68)19-65/h2-8,10-12,14-17,26-27,60,63-68H,9,13,18-21H2,1H3. The summed E-state index contributed by atoms with van der Waals surface area (Å²) in [7, 11) is 0. The number of aromatic amines is 2. The van der Waals surface area contributed by atoms with Gasteiger partial charge in [-0.1, -0.05) is 42.0 Å². The average Bonchev–Trinajstić information content (AvgIpc) is 4.20. The third kappa shape index (κ3) is 8.50. The van der Waals surface area contributed by atoms with E-state index >= 15 is 35.1 Å². The van der Waals surface area contributed by atoms with Crippen LogP contribution >= 0.6 is 0 Å². The van der Waals surface area contributed by atoms with Gasteiger partial charge in [-0.2, -0.15) is 17.6 Å². The molecule has 0 radical (unpaired) electrons. The van der Waals surface area contributed by atoms with Crippen molar-refractivity contribution < 1.29 is 70.1 Å². The number of benzene rings is 4. The number of halogens is 8. The first-order chi connectivity index (χ1) is 33.6. The lowest BCUT2D eigenvalue weighted by molar-refractivity contribution is 0.0504. The van der Waals surface area contributed by atoms with E-state index in [1.165, 1.54) is 54.6 Å². The van der Waals surface area contributed by atoms with Crippen LogP contribution in [0.2, 0.25) is 0 Å². The second kappa shape index (κ2) is 19.1. The van der Waals surface area contributed by atoms with Crippen molar-refractivity contribution in [2.24, 2.45) is 0 Å². The van der Waals surface area contributed by atoms with Gasteiger partial charge in [-0.3, -0.25) is 4.98 Å². The molecule has 0 saturated carbocycles. The Hall–Kier alpha value is -7.58. The van der Waals surface area contributed by atoms with E-state index in [9.17, 15) is 25.5 Å². The Balaban J connectivity index is 1.44. The summed E-state index contributed by atoms with van der Waals surface area (Å²) in [4.78, 5) is 15.8. The number of fused-ring (bicyclic) bond motifs is 8. The van der Waals surface area contributed by atoms with E-state index in [2.05, 4.69) is 9.97 Å². The van der Waals surface area contributed by atoms with Crippen molar-refractivity contribution >= 4 is 34.2 Å².